The molecule has 1 rings (SSSR count). The van der Waals surface area contributed by atoms with E-state index in [0.29, 0.717) is 6.54 Å². The number of likely N-dealkylation sites (N-methyl/N-ethyl adjacent to an activating group) is 1. The van der Waals surface area contributed by atoms with E-state index in [1.807, 2.05) is 12.1 Å². The van der Waals surface area contributed by atoms with Gasteiger partial charge in [-0.25, -0.2) is 0 Å². The Balaban J connectivity index is 2.63. The second kappa shape index (κ2) is 6.65. The average Bonchev–Trinajstić information content (AvgIpc) is 2.27. The van der Waals surface area contributed by atoms with Crippen molar-refractivity contribution in [3.8, 4) is 0 Å². The summed E-state index contributed by atoms with van der Waals surface area (Å²) in [5.74, 6) is -0.989. The van der Waals surface area contributed by atoms with Crippen LogP contribution in [0.1, 0.15) is 11.1 Å². The number of carboxylic acid groups (broad SMARTS) is 1. The smallest absolute Gasteiger partial charge is 0.307 e. The van der Waals surface area contributed by atoms with Crippen molar-refractivity contribution in [2.45, 2.75) is 13.0 Å². The second-order valence-electron chi connectivity index (χ2n) is 3.65. The van der Waals surface area contributed by atoms with Gasteiger partial charge in [0.1, 0.15) is 0 Å². The number of carboxylic acids is 1. The minimum Gasteiger partial charge on any atom is -0.481 e. The van der Waals surface area contributed by atoms with Crippen molar-refractivity contribution in [1.82, 2.24) is 10.6 Å². The van der Waals surface area contributed by atoms with Gasteiger partial charge in [0.15, 0.2) is 0 Å². The van der Waals surface area contributed by atoms with Gasteiger partial charge in [-0.2, -0.15) is 0 Å². The molecule has 5 heteroatoms. The lowest BCUT2D eigenvalue weighted by Gasteiger charge is -2.09. The minimum absolute atomic E-state index is 0.0297. The predicted molar refractivity (Wildman–Crippen MR) is 63.6 cm³/mol. The van der Waals surface area contributed by atoms with Gasteiger partial charge in [0.25, 0.3) is 0 Å². The third kappa shape index (κ3) is 4.65. The van der Waals surface area contributed by atoms with Gasteiger partial charge in [-0.3, -0.25) is 9.59 Å². The molecule has 0 heterocycles. The Morgan fingerprint density at radius 2 is 1.88 bits per heavy atom. The maximum absolute atomic E-state index is 11.3. The van der Waals surface area contributed by atoms with Crippen LogP contribution in [0.2, 0.25) is 0 Å². The van der Waals surface area contributed by atoms with Crippen molar-refractivity contribution >= 4 is 11.9 Å². The van der Waals surface area contributed by atoms with Crippen molar-refractivity contribution in [2.24, 2.45) is 0 Å². The molecule has 1 aromatic carbocycles. The van der Waals surface area contributed by atoms with E-state index < -0.39 is 5.97 Å². The first kappa shape index (κ1) is 13.2. The highest BCUT2D eigenvalue weighted by molar-refractivity contribution is 5.78. The Hall–Kier alpha value is -1.88. The predicted octanol–water partition coefficient (Wildman–Crippen LogP) is 0.149. The van der Waals surface area contributed by atoms with E-state index >= 15 is 0 Å². The first-order valence-electron chi connectivity index (χ1n) is 5.33. The van der Waals surface area contributed by atoms with Gasteiger partial charge in [0, 0.05) is 6.54 Å². The molecule has 0 aliphatic carbocycles. The Morgan fingerprint density at radius 3 is 2.47 bits per heavy atom. The van der Waals surface area contributed by atoms with Gasteiger partial charge in [0.05, 0.1) is 13.0 Å². The van der Waals surface area contributed by atoms with Gasteiger partial charge in [-0.05, 0) is 18.2 Å². The first-order valence-corrected chi connectivity index (χ1v) is 5.33. The molecule has 0 radical (unpaired) electrons. The van der Waals surface area contributed by atoms with Crippen LogP contribution in [0.25, 0.3) is 0 Å². The SMILES string of the molecule is CNCC(=O)NCc1ccccc1CC(=O)O. The largest absolute Gasteiger partial charge is 0.481 e. The van der Waals surface area contributed by atoms with Crippen LogP contribution in [-0.4, -0.2) is 30.6 Å². The van der Waals surface area contributed by atoms with Crippen LogP contribution in [0, 0.1) is 0 Å². The van der Waals surface area contributed by atoms with Gasteiger partial charge in [0.2, 0.25) is 5.91 Å². The number of carbonyl (C=O) groups excluding carboxylic acids is 1. The molecule has 0 unspecified atom stereocenters. The quantitative estimate of drug-likeness (QED) is 0.657. The summed E-state index contributed by atoms with van der Waals surface area (Å²) in [6, 6.07) is 7.19. The topological polar surface area (TPSA) is 78.4 Å². The molecule has 0 fully saturated rings. The second-order valence-corrected chi connectivity index (χ2v) is 3.65. The number of hydrogen-bond acceptors (Lipinski definition) is 3. The van der Waals surface area contributed by atoms with Crippen LogP contribution in [0.3, 0.4) is 0 Å². The highest BCUT2D eigenvalue weighted by Gasteiger charge is 2.07. The maximum atomic E-state index is 11.3. The summed E-state index contributed by atoms with van der Waals surface area (Å²) >= 11 is 0. The fourth-order valence-corrected chi connectivity index (χ4v) is 1.48. The number of nitrogens with one attached hydrogen (secondary N) is 2. The molecule has 0 bridgehead atoms. The van der Waals surface area contributed by atoms with E-state index in [4.69, 9.17) is 5.11 Å². The lowest BCUT2D eigenvalue weighted by Crippen LogP contribution is -2.31. The standard InChI is InChI=1S/C12H16N2O3/c1-13-8-11(15)14-7-10-5-3-2-4-9(10)6-12(16)17/h2-5,13H,6-8H2,1H3,(H,14,15)(H,16,17). The Morgan fingerprint density at radius 1 is 1.24 bits per heavy atom. The van der Waals surface area contributed by atoms with Crippen molar-refractivity contribution in [2.75, 3.05) is 13.6 Å². The Kier molecular flexibility index (Phi) is 5.16. The zero-order valence-electron chi connectivity index (χ0n) is 9.69. The van der Waals surface area contributed by atoms with Crippen molar-refractivity contribution in [3.05, 3.63) is 35.4 Å². The third-order valence-corrected chi connectivity index (χ3v) is 2.27. The molecule has 0 aliphatic rings. The molecule has 5 nitrogen and oxygen atoms in total. The molecule has 1 amide bonds. The monoisotopic (exact) mass is 236 g/mol. The van der Waals surface area contributed by atoms with Crippen LogP contribution in [-0.2, 0) is 22.6 Å². The van der Waals surface area contributed by atoms with E-state index in [9.17, 15) is 9.59 Å². The first-order chi connectivity index (χ1) is 8.13. The summed E-state index contributed by atoms with van der Waals surface area (Å²) in [5, 5.41) is 14.2. The van der Waals surface area contributed by atoms with E-state index in [2.05, 4.69) is 10.6 Å². The molecule has 92 valence electrons. The van der Waals surface area contributed by atoms with Crippen LogP contribution < -0.4 is 10.6 Å². The van der Waals surface area contributed by atoms with Crippen molar-refractivity contribution in [3.63, 3.8) is 0 Å². The van der Waals surface area contributed by atoms with Gasteiger partial charge in [-0.15, -0.1) is 0 Å². The highest BCUT2D eigenvalue weighted by atomic mass is 16.4. The number of rotatable bonds is 6. The zero-order chi connectivity index (χ0) is 12.7. The summed E-state index contributed by atoms with van der Waals surface area (Å²) in [4.78, 5) is 21.9. The molecular formula is C12H16N2O3. The molecule has 0 spiro atoms. The third-order valence-electron chi connectivity index (χ3n) is 2.27. The molecule has 0 aliphatic heterocycles. The van der Waals surface area contributed by atoms with Gasteiger partial charge >= 0.3 is 5.97 Å². The molecular weight excluding hydrogens is 220 g/mol. The average molecular weight is 236 g/mol. The van der Waals surface area contributed by atoms with Gasteiger partial charge in [-0.1, -0.05) is 24.3 Å². The van der Waals surface area contributed by atoms with E-state index in [-0.39, 0.29) is 18.9 Å². The molecule has 17 heavy (non-hydrogen) atoms. The normalized spacial score (nSPS) is 9.94. The summed E-state index contributed by atoms with van der Waals surface area (Å²) in [6.45, 7) is 0.602. The highest BCUT2D eigenvalue weighted by Crippen LogP contribution is 2.09. The molecule has 1 aromatic rings. The maximum Gasteiger partial charge on any atom is 0.307 e. The summed E-state index contributed by atoms with van der Waals surface area (Å²) < 4.78 is 0. The minimum atomic E-state index is -0.876. The van der Waals surface area contributed by atoms with E-state index in [1.165, 1.54) is 0 Å². The zero-order valence-corrected chi connectivity index (χ0v) is 9.69. The number of benzene rings is 1. The van der Waals surface area contributed by atoms with E-state index in [0.717, 1.165) is 11.1 Å². The number of amides is 1. The molecule has 0 saturated carbocycles. The summed E-state index contributed by atoms with van der Waals surface area (Å²) in [6.07, 6.45) is -0.0297. The van der Waals surface area contributed by atoms with Crippen LogP contribution in [0.5, 0.6) is 0 Å². The van der Waals surface area contributed by atoms with Gasteiger partial charge < -0.3 is 15.7 Å². The fourth-order valence-electron chi connectivity index (χ4n) is 1.48. The van der Waals surface area contributed by atoms with Crippen LogP contribution >= 0.6 is 0 Å². The molecule has 3 N–H and O–H groups in total. The van der Waals surface area contributed by atoms with Crippen molar-refractivity contribution < 1.29 is 14.7 Å². The molecule has 0 atom stereocenters. The fraction of sp³-hybridized carbons (Fsp3) is 0.333. The lowest BCUT2D eigenvalue weighted by molar-refractivity contribution is -0.136. The summed E-state index contributed by atoms with van der Waals surface area (Å²) in [7, 11) is 1.69. The molecule has 0 aromatic heterocycles. The number of aliphatic carboxylic acids is 1. The van der Waals surface area contributed by atoms with E-state index in [1.54, 1.807) is 19.2 Å². The summed E-state index contributed by atoms with van der Waals surface area (Å²) in [5.41, 5.74) is 1.56. The number of carbonyl (C=O) groups is 2. The lowest BCUT2D eigenvalue weighted by atomic mass is 10.0. The van der Waals surface area contributed by atoms with Crippen LogP contribution in [0.4, 0.5) is 0 Å². The Labute approximate surface area is 99.8 Å². The van der Waals surface area contributed by atoms with Crippen LogP contribution in [0.15, 0.2) is 24.3 Å². The van der Waals surface area contributed by atoms with Crippen molar-refractivity contribution in [1.29, 1.82) is 0 Å². The Bertz CT molecular complexity index is 404. The number of hydrogen-bond donors (Lipinski definition) is 3. The molecule has 0 saturated heterocycles.